The van der Waals surface area contributed by atoms with Gasteiger partial charge in [-0.25, -0.2) is 0 Å². The van der Waals surface area contributed by atoms with Gasteiger partial charge in [-0.3, -0.25) is 4.79 Å². The Morgan fingerprint density at radius 2 is 1.94 bits per heavy atom. The van der Waals surface area contributed by atoms with Crippen LogP contribution in [0.25, 0.3) is 0 Å². The number of esters is 1. The van der Waals surface area contributed by atoms with Gasteiger partial charge >= 0.3 is 5.97 Å². The lowest BCUT2D eigenvalue weighted by molar-refractivity contribution is -0.148. The Kier molecular flexibility index (Phi) is 4.83. The fourth-order valence-electron chi connectivity index (χ4n) is 1.24. The van der Waals surface area contributed by atoms with Crippen LogP contribution in [0.3, 0.4) is 0 Å². The molecule has 1 rings (SSSR count). The van der Waals surface area contributed by atoms with E-state index in [1.165, 1.54) is 0 Å². The average molecular weight is 221 g/mol. The second kappa shape index (κ2) is 6.16. The second-order valence-electron chi connectivity index (χ2n) is 3.99. The first-order chi connectivity index (χ1) is 7.63. The third-order valence-corrected chi connectivity index (χ3v) is 2.19. The van der Waals surface area contributed by atoms with E-state index < -0.39 is 0 Å². The van der Waals surface area contributed by atoms with Gasteiger partial charge in [0.05, 0.1) is 5.92 Å². The van der Waals surface area contributed by atoms with Crippen molar-refractivity contribution in [2.75, 3.05) is 11.9 Å². The quantitative estimate of drug-likeness (QED) is 0.777. The maximum atomic E-state index is 11.3. The van der Waals surface area contributed by atoms with Gasteiger partial charge in [0.1, 0.15) is 6.61 Å². The van der Waals surface area contributed by atoms with Crippen molar-refractivity contribution in [2.24, 2.45) is 5.92 Å². The van der Waals surface area contributed by atoms with E-state index in [1.54, 1.807) is 0 Å². The van der Waals surface area contributed by atoms with Gasteiger partial charge in [0.25, 0.3) is 0 Å². The van der Waals surface area contributed by atoms with E-state index in [2.05, 4.69) is 12.2 Å². The van der Waals surface area contributed by atoms with Gasteiger partial charge in [-0.2, -0.15) is 0 Å². The van der Waals surface area contributed by atoms with Crippen molar-refractivity contribution < 1.29 is 9.53 Å². The third-order valence-electron chi connectivity index (χ3n) is 2.19. The first-order valence-electron chi connectivity index (χ1n) is 5.63. The zero-order valence-corrected chi connectivity index (χ0v) is 10.1. The number of anilines is 1. The summed E-state index contributed by atoms with van der Waals surface area (Å²) in [5.41, 5.74) is 2.09. The molecule has 0 spiro atoms. The minimum absolute atomic E-state index is 0.0685. The Morgan fingerprint density at radius 3 is 2.44 bits per heavy atom. The highest BCUT2D eigenvalue weighted by Gasteiger charge is 2.07. The molecule has 1 aromatic rings. The van der Waals surface area contributed by atoms with Crippen molar-refractivity contribution in [1.82, 2.24) is 0 Å². The Hall–Kier alpha value is -1.51. The fourth-order valence-corrected chi connectivity index (χ4v) is 1.24. The van der Waals surface area contributed by atoms with Crippen LogP contribution in [-0.4, -0.2) is 12.5 Å². The van der Waals surface area contributed by atoms with Gasteiger partial charge in [0.2, 0.25) is 0 Å². The SMILES string of the molecule is CCNc1ccc(COC(=O)C(C)C)cc1. The van der Waals surface area contributed by atoms with E-state index in [-0.39, 0.29) is 11.9 Å². The molecule has 0 bridgehead atoms. The van der Waals surface area contributed by atoms with Gasteiger partial charge in [-0.15, -0.1) is 0 Å². The molecular formula is C13H19NO2. The summed E-state index contributed by atoms with van der Waals surface area (Å²) in [5, 5.41) is 3.21. The van der Waals surface area contributed by atoms with Crippen molar-refractivity contribution in [3.05, 3.63) is 29.8 Å². The largest absolute Gasteiger partial charge is 0.461 e. The van der Waals surface area contributed by atoms with Crippen molar-refractivity contribution in [2.45, 2.75) is 27.4 Å². The molecule has 0 aliphatic heterocycles. The molecule has 0 saturated heterocycles. The summed E-state index contributed by atoms with van der Waals surface area (Å²) in [6.07, 6.45) is 0. The molecule has 1 N–H and O–H groups in total. The number of ether oxygens (including phenoxy) is 1. The molecule has 0 heterocycles. The Balaban J connectivity index is 2.46. The standard InChI is InChI=1S/C13H19NO2/c1-4-14-12-7-5-11(6-8-12)9-16-13(15)10(2)3/h5-8,10,14H,4,9H2,1-3H3. The normalized spacial score (nSPS) is 10.2. The Bertz CT molecular complexity index is 330. The first kappa shape index (κ1) is 12.6. The molecule has 3 nitrogen and oxygen atoms in total. The maximum Gasteiger partial charge on any atom is 0.308 e. The molecule has 0 amide bonds. The van der Waals surface area contributed by atoms with E-state index in [0.29, 0.717) is 6.61 Å². The summed E-state index contributed by atoms with van der Waals surface area (Å²) in [6.45, 7) is 6.97. The molecule has 16 heavy (non-hydrogen) atoms. The molecule has 0 fully saturated rings. The molecular weight excluding hydrogens is 202 g/mol. The van der Waals surface area contributed by atoms with Crippen molar-refractivity contribution >= 4 is 11.7 Å². The summed E-state index contributed by atoms with van der Waals surface area (Å²) < 4.78 is 5.13. The molecule has 1 aromatic carbocycles. The number of nitrogens with one attached hydrogen (secondary N) is 1. The van der Waals surface area contributed by atoms with Crippen LogP contribution < -0.4 is 5.32 Å². The number of benzene rings is 1. The second-order valence-corrected chi connectivity index (χ2v) is 3.99. The summed E-state index contributed by atoms with van der Waals surface area (Å²) >= 11 is 0. The van der Waals surface area contributed by atoms with Crippen LogP contribution in [-0.2, 0) is 16.1 Å². The van der Waals surface area contributed by atoms with Crippen LogP contribution in [0, 0.1) is 5.92 Å². The first-order valence-corrected chi connectivity index (χ1v) is 5.63. The van der Waals surface area contributed by atoms with Crippen molar-refractivity contribution in [3.63, 3.8) is 0 Å². The smallest absolute Gasteiger partial charge is 0.308 e. The van der Waals surface area contributed by atoms with E-state index in [1.807, 2.05) is 38.1 Å². The van der Waals surface area contributed by atoms with Crippen LogP contribution in [0.15, 0.2) is 24.3 Å². The Labute approximate surface area is 96.8 Å². The van der Waals surface area contributed by atoms with Crippen molar-refractivity contribution in [3.8, 4) is 0 Å². The van der Waals surface area contributed by atoms with E-state index in [4.69, 9.17) is 4.74 Å². The monoisotopic (exact) mass is 221 g/mol. The molecule has 88 valence electrons. The maximum absolute atomic E-state index is 11.3. The minimum atomic E-state index is -0.157. The highest BCUT2D eigenvalue weighted by Crippen LogP contribution is 2.10. The van der Waals surface area contributed by atoms with Crippen LogP contribution in [0.2, 0.25) is 0 Å². The van der Waals surface area contributed by atoms with Crippen LogP contribution in [0.4, 0.5) is 5.69 Å². The highest BCUT2D eigenvalue weighted by atomic mass is 16.5. The van der Waals surface area contributed by atoms with E-state index in [0.717, 1.165) is 17.8 Å². The van der Waals surface area contributed by atoms with E-state index >= 15 is 0 Å². The fraction of sp³-hybridized carbons (Fsp3) is 0.462. The average Bonchev–Trinajstić information content (AvgIpc) is 2.28. The molecule has 0 aromatic heterocycles. The minimum Gasteiger partial charge on any atom is -0.461 e. The number of carbonyl (C=O) groups is 1. The van der Waals surface area contributed by atoms with Gasteiger partial charge in [0.15, 0.2) is 0 Å². The summed E-state index contributed by atoms with van der Waals surface area (Å²) in [4.78, 5) is 11.3. The molecule has 0 saturated carbocycles. The van der Waals surface area contributed by atoms with Gasteiger partial charge < -0.3 is 10.1 Å². The predicted molar refractivity (Wildman–Crippen MR) is 65.2 cm³/mol. The number of hydrogen-bond acceptors (Lipinski definition) is 3. The van der Waals surface area contributed by atoms with Gasteiger partial charge in [-0.05, 0) is 24.6 Å². The summed E-state index contributed by atoms with van der Waals surface area (Å²) in [6, 6.07) is 7.90. The topological polar surface area (TPSA) is 38.3 Å². The molecule has 0 atom stereocenters. The zero-order chi connectivity index (χ0) is 12.0. The number of rotatable bonds is 5. The molecule has 0 aliphatic carbocycles. The van der Waals surface area contributed by atoms with E-state index in [9.17, 15) is 4.79 Å². The molecule has 0 radical (unpaired) electrons. The molecule has 0 aliphatic rings. The summed E-state index contributed by atoms with van der Waals surface area (Å²) in [7, 11) is 0. The lowest BCUT2D eigenvalue weighted by Gasteiger charge is -2.08. The lowest BCUT2D eigenvalue weighted by atomic mass is 10.2. The van der Waals surface area contributed by atoms with Gasteiger partial charge in [0, 0.05) is 12.2 Å². The zero-order valence-electron chi connectivity index (χ0n) is 10.1. The highest BCUT2D eigenvalue weighted by molar-refractivity contribution is 5.71. The lowest BCUT2D eigenvalue weighted by Crippen LogP contribution is -2.11. The molecule has 3 heteroatoms. The van der Waals surface area contributed by atoms with Crippen LogP contribution in [0.1, 0.15) is 26.3 Å². The van der Waals surface area contributed by atoms with Crippen LogP contribution in [0.5, 0.6) is 0 Å². The van der Waals surface area contributed by atoms with Crippen LogP contribution >= 0.6 is 0 Å². The van der Waals surface area contributed by atoms with Crippen molar-refractivity contribution in [1.29, 1.82) is 0 Å². The van der Waals surface area contributed by atoms with Gasteiger partial charge in [-0.1, -0.05) is 26.0 Å². The number of carbonyl (C=O) groups excluding carboxylic acids is 1. The Morgan fingerprint density at radius 1 is 1.31 bits per heavy atom. The number of hydrogen-bond donors (Lipinski definition) is 1. The predicted octanol–water partition coefficient (Wildman–Crippen LogP) is 2.82. The summed E-state index contributed by atoms with van der Waals surface area (Å²) in [5.74, 6) is -0.225. The molecule has 0 unspecified atom stereocenters. The third kappa shape index (κ3) is 3.93.